The first-order valence-electron chi connectivity index (χ1n) is 5.81. The molecule has 17 heavy (non-hydrogen) atoms. The zero-order valence-corrected chi connectivity index (χ0v) is 12.2. The first-order chi connectivity index (χ1) is 8.02. The standard InChI is InChI=1S/C14H17BrN2/c1-8(2)11-7-10-5-9(3)6-12(15)13(10)17-14(11)16-4/h5-8H,1-4H3,(H,16,17). The Morgan fingerprint density at radius 3 is 2.53 bits per heavy atom. The third-order valence-electron chi connectivity index (χ3n) is 2.90. The van der Waals surface area contributed by atoms with Crippen LogP contribution in [0.1, 0.15) is 30.9 Å². The molecular weight excluding hydrogens is 276 g/mol. The minimum atomic E-state index is 0.466. The molecule has 0 radical (unpaired) electrons. The highest BCUT2D eigenvalue weighted by Crippen LogP contribution is 2.30. The van der Waals surface area contributed by atoms with Crippen LogP contribution in [0.2, 0.25) is 0 Å². The van der Waals surface area contributed by atoms with E-state index in [2.05, 4.69) is 60.2 Å². The first-order valence-corrected chi connectivity index (χ1v) is 6.60. The lowest BCUT2D eigenvalue weighted by Crippen LogP contribution is -2.01. The van der Waals surface area contributed by atoms with Crippen LogP contribution < -0.4 is 5.32 Å². The summed E-state index contributed by atoms with van der Waals surface area (Å²) in [5.74, 6) is 1.44. The SMILES string of the molecule is CNc1nc2c(Br)cc(C)cc2cc1C(C)C. The van der Waals surface area contributed by atoms with Gasteiger partial charge in [0, 0.05) is 16.9 Å². The highest BCUT2D eigenvalue weighted by molar-refractivity contribution is 9.10. The number of hydrogen-bond acceptors (Lipinski definition) is 2. The van der Waals surface area contributed by atoms with Crippen LogP contribution in [0, 0.1) is 6.92 Å². The normalized spacial score (nSPS) is 11.2. The van der Waals surface area contributed by atoms with Crippen molar-refractivity contribution >= 4 is 32.7 Å². The number of nitrogens with zero attached hydrogens (tertiary/aromatic N) is 1. The second-order valence-corrected chi connectivity index (χ2v) is 5.50. The van der Waals surface area contributed by atoms with E-state index in [1.54, 1.807) is 0 Å². The van der Waals surface area contributed by atoms with E-state index in [1.165, 1.54) is 16.5 Å². The number of aryl methyl sites for hydroxylation is 1. The Labute approximate surface area is 111 Å². The van der Waals surface area contributed by atoms with E-state index in [0.29, 0.717) is 5.92 Å². The average Bonchev–Trinajstić information content (AvgIpc) is 2.27. The maximum absolute atomic E-state index is 4.70. The van der Waals surface area contributed by atoms with E-state index in [1.807, 2.05) is 7.05 Å². The monoisotopic (exact) mass is 292 g/mol. The van der Waals surface area contributed by atoms with Crippen molar-refractivity contribution in [2.45, 2.75) is 26.7 Å². The Bertz CT molecular complexity index is 562. The summed E-state index contributed by atoms with van der Waals surface area (Å²) < 4.78 is 1.05. The van der Waals surface area contributed by atoms with Crippen molar-refractivity contribution < 1.29 is 0 Å². The molecule has 1 heterocycles. The topological polar surface area (TPSA) is 24.9 Å². The van der Waals surface area contributed by atoms with Gasteiger partial charge in [0.15, 0.2) is 0 Å². The van der Waals surface area contributed by atoms with Gasteiger partial charge < -0.3 is 5.32 Å². The summed E-state index contributed by atoms with van der Waals surface area (Å²) >= 11 is 3.58. The third-order valence-corrected chi connectivity index (χ3v) is 3.51. The fraction of sp³-hybridized carbons (Fsp3) is 0.357. The maximum Gasteiger partial charge on any atom is 0.129 e. The number of benzene rings is 1. The van der Waals surface area contributed by atoms with Gasteiger partial charge in [-0.1, -0.05) is 13.8 Å². The minimum absolute atomic E-state index is 0.466. The molecule has 0 spiro atoms. The zero-order chi connectivity index (χ0) is 12.6. The highest BCUT2D eigenvalue weighted by atomic mass is 79.9. The summed E-state index contributed by atoms with van der Waals surface area (Å²) in [7, 11) is 1.92. The minimum Gasteiger partial charge on any atom is -0.373 e. The summed E-state index contributed by atoms with van der Waals surface area (Å²) in [4.78, 5) is 4.70. The molecule has 1 aromatic carbocycles. The molecule has 0 unspecified atom stereocenters. The van der Waals surface area contributed by atoms with E-state index >= 15 is 0 Å². The largest absolute Gasteiger partial charge is 0.373 e. The summed E-state index contributed by atoms with van der Waals surface area (Å²) in [6.07, 6.45) is 0. The Balaban J connectivity index is 2.78. The number of anilines is 1. The Morgan fingerprint density at radius 1 is 1.24 bits per heavy atom. The van der Waals surface area contributed by atoms with Crippen molar-refractivity contribution in [2.24, 2.45) is 0 Å². The smallest absolute Gasteiger partial charge is 0.129 e. The number of aromatic nitrogens is 1. The molecule has 0 fully saturated rings. The Morgan fingerprint density at radius 2 is 1.94 bits per heavy atom. The van der Waals surface area contributed by atoms with Gasteiger partial charge in [-0.3, -0.25) is 0 Å². The van der Waals surface area contributed by atoms with Gasteiger partial charge >= 0.3 is 0 Å². The van der Waals surface area contributed by atoms with Gasteiger partial charge in [-0.2, -0.15) is 0 Å². The average molecular weight is 293 g/mol. The molecule has 3 heteroatoms. The van der Waals surface area contributed by atoms with Crippen LogP contribution in [0.3, 0.4) is 0 Å². The molecule has 0 amide bonds. The summed E-state index contributed by atoms with van der Waals surface area (Å²) in [5, 5.41) is 4.37. The Kier molecular flexibility index (Phi) is 3.38. The molecule has 2 rings (SSSR count). The van der Waals surface area contributed by atoms with E-state index in [0.717, 1.165) is 15.8 Å². The molecule has 0 aliphatic rings. The maximum atomic E-state index is 4.70. The molecule has 2 nitrogen and oxygen atoms in total. The summed E-state index contributed by atoms with van der Waals surface area (Å²) in [6.45, 7) is 6.48. The van der Waals surface area contributed by atoms with Gasteiger partial charge in [-0.05, 0) is 58.1 Å². The third kappa shape index (κ3) is 2.29. The summed E-state index contributed by atoms with van der Waals surface area (Å²) in [5.41, 5.74) is 3.53. The quantitative estimate of drug-likeness (QED) is 0.883. The molecule has 0 aliphatic carbocycles. The first kappa shape index (κ1) is 12.4. The molecule has 2 aromatic rings. The van der Waals surface area contributed by atoms with Crippen molar-refractivity contribution in [3.8, 4) is 0 Å². The molecule has 0 bridgehead atoms. The van der Waals surface area contributed by atoms with Gasteiger partial charge in [-0.15, -0.1) is 0 Å². The van der Waals surface area contributed by atoms with Gasteiger partial charge in [0.05, 0.1) is 5.52 Å². The molecule has 0 saturated heterocycles. The number of pyridine rings is 1. The number of halogens is 1. The summed E-state index contributed by atoms with van der Waals surface area (Å²) in [6, 6.07) is 6.51. The van der Waals surface area contributed by atoms with Crippen LogP contribution in [0.25, 0.3) is 10.9 Å². The fourth-order valence-electron chi connectivity index (χ4n) is 2.04. The van der Waals surface area contributed by atoms with Gasteiger partial charge in [0.25, 0.3) is 0 Å². The van der Waals surface area contributed by atoms with E-state index in [9.17, 15) is 0 Å². The predicted molar refractivity (Wildman–Crippen MR) is 77.8 cm³/mol. The molecule has 0 saturated carbocycles. The number of rotatable bonds is 2. The molecule has 1 aromatic heterocycles. The second kappa shape index (κ2) is 4.65. The van der Waals surface area contributed by atoms with Crippen LogP contribution in [0.4, 0.5) is 5.82 Å². The predicted octanol–water partition coefficient (Wildman–Crippen LogP) is 4.47. The van der Waals surface area contributed by atoms with E-state index in [-0.39, 0.29) is 0 Å². The van der Waals surface area contributed by atoms with Gasteiger partial charge in [0.2, 0.25) is 0 Å². The molecule has 90 valence electrons. The number of nitrogens with one attached hydrogen (secondary N) is 1. The van der Waals surface area contributed by atoms with Gasteiger partial charge in [-0.25, -0.2) is 4.98 Å². The van der Waals surface area contributed by atoms with Crippen molar-refractivity contribution in [1.82, 2.24) is 4.98 Å². The van der Waals surface area contributed by atoms with Crippen molar-refractivity contribution in [3.05, 3.63) is 33.8 Å². The zero-order valence-electron chi connectivity index (χ0n) is 10.6. The van der Waals surface area contributed by atoms with Crippen LogP contribution in [0.5, 0.6) is 0 Å². The van der Waals surface area contributed by atoms with Gasteiger partial charge in [0.1, 0.15) is 5.82 Å². The van der Waals surface area contributed by atoms with Crippen molar-refractivity contribution in [1.29, 1.82) is 0 Å². The highest BCUT2D eigenvalue weighted by Gasteiger charge is 2.11. The van der Waals surface area contributed by atoms with Crippen molar-refractivity contribution in [3.63, 3.8) is 0 Å². The molecule has 1 N–H and O–H groups in total. The van der Waals surface area contributed by atoms with E-state index in [4.69, 9.17) is 4.98 Å². The fourth-order valence-corrected chi connectivity index (χ4v) is 2.72. The van der Waals surface area contributed by atoms with Crippen LogP contribution in [-0.4, -0.2) is 12.0 Å². The number of fused-ring (bicyclic) bond motifs is 1. The van der Waals surface area contributed by atoms with Crippen LogP contribution in [-0.2, 0) is 0 Å². The second-order valence-electron chi connectivity index (χ2n) is 4.65. The lowest BCUT2D eigenvalue weighted by molar-refractivity contribution is 0.864. The van der Waals surface area contributed by atoms with E-state index < -0.39 is 0 Å². The lowest BCUT2D eigenvalue weighted by atomic mass is 10.0. The van der Waals surface area contributed by atoms with Crippen LogP contribution >= 0.6 is 15.9 Å². The molecule has 0 atom stereocenters. The lowest BCUT2D eigenvalue weighted by Gasteiger charge is -2.14. The Hall–Kier alpha value is -1.09. The molecule has 0 aliphatic heterocycles. The van der Waals surface area contributed by atoms with Crippen LogP contribution in [0.15, 0.2) is 22.7 Å². The number of hydrogen-bond donors (Lipinski definition) is 1. The van der Waals surface area contributed by atoms with Crippen molar-refractivity contribution in [2.75, 3.05) is 12.4 Å². The molecular formula is C14H17BrN2.